The van der Waals surface area contributed by atoms with Gasteiger partial charge in [-0.2, -0.15) is 0 Å². The summed E-state index contributed by atoms with van der Waals surface area (Å²) in [5, 5.41) is 0.721. The third-order valence-corrected chi connectivity index (χ3v) is 5.39. The predicted octanol–water partition coefficient (Wildman–Crippen LogP) is 5.24. The first kappa shape index (κ1) is 19.0. The number of para-hydroxylation sites is 1. The number of ether oxygens (including phenoxy) is 2. The van der Waals surface area contributed by atoms with Gasteiger partial charge in [0.2, 0.25) is 0 Å². The molecule has 0 aliphatic carbocycles. The highest BCUT2D eigenvalue weighted by molar-refractivity contribution is 7.20. The van der Waals surface area contributed by atoms with Crippen molar-refractivity contribution in [1.29, 1.82) is 0 Å². The Bertz CT molecular complexity index is 705. The third-order valence-electron chi connectivity index (χ3n) is 4.44. The Morgan fingerprint density at radius 2 is 2.12 bits per heavy atom. The Morgan fingerprint density at radius 1 is 1.31 bits per heavy atom. The fourth-order valence-electron chi connectivity index (χ4n) is 3.25. The quantitative estimate of drug-likeness (QED) is 0.669. The van der Waals surface area contributed by atoms with Crippen molar-refractivity contribution in [1.82, 2.24) is 9.88 Å². The monoisotopic (exact) mass is 376 g/mol. The van der Waals surface area contributed by atoms with Crippen molar-refractivity contribution in [2.75, 3.05) is 13.2 Å². The van der Waals surface area contributed by atoms with E-state index in [0.29, 0.717) is 6.61 Å². The van der Waals surface area contributed by atoms with E-state index in [1.165, 1.54) is 6.42 Å². The summed E-state index contributed by atoms with van der Waals surface area (Å²) in [6.45, 7) is 7.15. The van der Waals surface area contributed by atoms with Crippen LogP contribution in [0.2, 0.25) is 0 Å². The van der Waals surface area contributed by atoms with E-state index < -0.39 is 5.60 Å². The molecule has 3 rings (SSSR count). The van der Waals surface area contributed by atoms with Crippen LogP contribution >= 0.6 is 11.3 Å². The molecule has 1 amide bonds. The van der Waals surface area contributed by atoms with Gasteiger partial charge in [0, 0.05) is 12.6 Å². The van der Waals surface area contributed by atoms with Gasteiger partial charge in [0.05, 0.1) is 16.8 Å². The molecule has 1 fully saturated rings. The number of hydrogen-bond donors (Lipinski definition) is 0. The molecule has 0 N–H and O–H groups in total. The SMILES string of the molecule is CC(C)(C)OC(=O)N1CCCC[C@H]1CCCOc1nc2ccccc2s1. The van der Waals surface area contributed by atoms with Gasteiger partial charge in [-0.05, 0) is 65.0 Å². The van der Waals surface area contributed by atoms with Crippen LogP contribution < -0.4 is 4.74 Å². The topological polar surface area (TPSA) is 51.7 Å². The van der Waals surface area contributed by atoms with Crippen molar-refractivity contribution in [2.24, 2.45) is 0 Å². The Hall–Kier alpha value is -1.82. The van der Waals surface area contributed by atoms with E-state index in [2.05, 4.69) is 11.1 Å². The van der Waals surface area contributed by atoms with Gasteiger partial charge >= 0.3 is 6.09 Å². The van der Waals surface area contributed by atoms with Crippen LogP contribution in [0.15, 0.2) is 24.3 Å². The second kappa shape index (κ2) is 8.25. The first-order chi connectivity index (χ1) is 12.4. The number of nitrogens with zero attached hydrogens (tertiary/aromatic N) is 2. The summed E-state index contributed by atoms with van der Waals surface area (Å²) in [6, 6.07) is 8.30. The van der Waals surface area contributed by atoms with Crippen LogP contribution in [0.1, 0.15) is 52.9 Å². The van der Waals surface area contributed by atoms with Crippen molar-refractivity contribution >= 4 is 27.6 Å². The number of carbonyl (C=O) groups excluding carboxylic acids is 1. The van der Waals surface area contributed by atoms with Crippen LogP contribution in [0.25, 0.3) is 10.2 Å². The Balaban J connectivity index is 1.48. The maximum atomic E-state index is 12.4. The lowest BCUT2D eigenvalue weighted by Crippen LogP contribution is -2.46. The molecule has 1 aromatic carbocycles. The summed E-state index contributed by atoms with van der Waals surface area (Å²) in [6.07, 6.45) is 4.92. The summed E-state index contributed by atoms with van der Waals surface area (Å²) in [7, 11) is 0. The predicted molar refractivity (Wildman–Crippen MR) is 105 cm³/mol. The van der Waals surface area contributed by atoms with E-state index in [1.54, 1.807) is 11.3 Å². The Kier molecular flexibility index (Phi) is 6.01. The number of thiazole rings is 1. The van der Waals surface area contributed by atoms with Crippen LogP contribution in [0.5, 0.6) is 5.19 Å². The van der Waals surface area contributed by atoms with Crippen LogP contribution in [-0.4, -0.2) is 40.8 Å². The molecule has 142 valence electrons. The molecule has 2 aromatic rings. The van der Waals surface area contributed by atoms with Crippen molar-refractivity contribution in [3.63, 3.8) is 0 Å². The summed E-state index contributed by atoms with van der Waals surface area (Å²) in [4.78, 5) is 18.8. The van der Waals surface area contributed by atoms with Crippen LogP contribution in [-0.2, 0) is 4.74 Å². The molecule has 0 radical (unpaired) electrons. The van der Waals surface area contributed by atoms with Gasteiger partial charge in [-0.25, -0.2) is 9.78 Å². The van der Waals surface area contributed by atoms with Crippen molar-refractivity contribution in [3.8, 4) is 5.19 Å². The number of likely N-dealkylation sites (tertiary alicyclic amines) is 1. The van der Waals surface area contributed by atoms with Gasteiger partial charge in [0.15, 0.2) is 0 Å². The van der Waals surface area contributed by atoms with Crippen LogP contribution in [0.4, 0.5) is 4.79 Å². The van der Waals surface area contributed by atoms with Gasteiger partial charge in [-0.15, -0.1) is 0 Å². The largest absolute Gasteiger partial charge is 0.470 e. The highest BCUT2D eigenvalue weighted by Crippen LogP contribution is 2.28. The fraction of sp³-hybridized carbons (Fsp3) is 0.600. The molecule has 0 bridgehead atoms. The van der Waals surface area contributed by atoms with Gasteiger partial charge in [0.1, 0.15) is 5.60 Å². The second-order valence-corrected chi connectivity index (χ2v) is 8.75. The number of aromatic nitrogens is 1. The van der Waals surface area contributed by atoms with Gasteiger partial charge in [0.25, 0.3) is 5.19 Å². The van der Waals surface area contributed by atoms with E-state index in [1.807, 2.05) is 43.9 Å². The lowest BCUT2D eigenvalue weighted by Gasteiger charge is -2.36. The van der Waals surface area contributed by atoms with E-state index in [0.717, 1.165) is 47.6 Å². The number of benzene rings is 1. The highest BCUT2D eigenvalue weighted by Gasteiger charge is 2.30. The molecule has 1 aliphatic heterocycles. The summed E-state index contributed by atoms with van der Waals surface area (Å²) in [5.74, 6) is 0. The maximum Gasteiger partial charge on any atom is 0.410 e. The molecule has 5 nitrogen and oxygen atoms in total. The second-order valence-electron chi connectivity index (χ2n) is 7.76. The minimum Gasteiger partial charge on any atom is -0.470 e. The number of fused-ring (bicyclic) bond motifs is 1. The molecular weight excluding hydrogens is 348 g/mol. The van der Waals surface area contributed by atoms with E-state index in [-0.39, 0.29) is 12.1 Å². The molecule has 1 aliphatic rings. The zero-order chi connectivity index (χ0) is 18.6. The number of hydrogen-bond acceptors (Lipinski definition) is 5. The normalized spacial score (nSPS) is 18.1. The fourth-order valence-corrected chi connectivity index (χ4v) is 4.09. The molecule has 6 heteroatoms. The summed E-state index contributed by atoms with van der Waals surface area (Å²) in [5.41, 5.74) is 0.533. The van der Waals surface area contributed by atoms with Crippen molar-refractivity contribution in [3.05, 3.63) is 24.3 Å². The molecule has 1 aromatic heterocycles. The Morgan fingerprint density at radius 3 is 2.88 bits per heavy atom. The lowest BCUT2D eigenvalue weighted by atomic mass is 9.98. The molecular formula is C20H28N2O3S. The summed E-state index contributed by atoms with van der Waals surface area (Å²) >= 11 is 1.58. The van der Waals surface area contributed by atoms with Crippen molar-refractivity contribution < 1.29 is 14.3 Å². The Labute approximate surface area is 159 Å². The average Bonchev–Trinajstić information content (AvgIpc) is 3.00. The van der Waals surface area contributed by atoms with Gasteiger partial charge < -0.3 is 14.4 Å². The third kappa shape index (κ3) is 5.10. The van der Waals surface area contributed by atoms with E-state index >= 15 is 0 Å². The molecule has 1 atom stereocenters. The smallest absolute Gasteiger partial charge is 0.410 e. The molecule has 1 saturated heterocycles. The number of amides is 1. The lowest BCUT2D eigenvalue weighted by molar-refractivity contribution is 0.00824. The maximum absolute atomic E-state index is 12.4. The summed E-state index contributed by atoms with van der Waals surface area (Å²) < 4.78 is 12.5. The van der Waals surface area contributed by atoms with Crippen LogP contribution in [0.3, 0.4) is 0 Å². The zero-order valence-electron chi connectivity index (χ0n) is 15.9. The number of carbonyl (C=O) groups is 1. The molecule has 2 heterocycles. The highest BCUT2D eigenvalue weighted by atomic mass is 32.1. The minimum absolute atomic E-state index is 0.186. The molecule has 0 saturated carbocycles. The molecule has 26 heavy (non-hydrogen) atoms. The number of piperidine rings is 1. The first-order valence-corrected chi connectivity index (χ1v) is 10.2. The van der Waals surface area contributed by atoms with E-state index in [9.17, 15) is 4.79 Å². The number of rotatable bonds is 5. The van der Waals surface area contributed by atoms with Gasteiger partial charge in [-0.3, -0.25) is 0 Å². The average molecular weight is 377 g/mol. The van der Waals surface area contributed by atoms with Gasteiger partial charge in [-0.1, -0.05) is 23.5 Å². The molecule has 0 unspecified atom stereocenters. The van der Waals surface area contributed by atoms with Crippen molar-refractivity contribution in [2.45, 2.75) is 64.5 Å². The minimum atomic E-state index is -0.449. The van der Waals surface area contributed by atoms with Crippen LogP contribution in [0, 0.1) is 0 Å². The zero-order valence-corrected chi connectivity index (χ0v) is 16.7. The first-order valence-electron chi connectivity index (χ1n) is 9.40. The van der Waals surface area contributed by atoms with E-state index in [4.69, 9.17) is 9.47 Å². The molecule has 0 spiro atoms. The standard InChI is InChI=1S/C20H28N2O3S/c1-20(2,3)25-19(23)22-13-7-6-9-15(22)10-8-14-24-18-21-16-11-4-5-12-17(16)26-18/h4-5,11-12,15H,6-10,13-14H2,1-3H3/t15-/m0/s1.